The average Bonchev–Trinajstić information content (AvgIpc) is 3.46. The van der Waals surface area contributed by atoms with Gasteiger partial charge in [0.15, 0.2) is 0 Å². The van der Waals surface area contributed by atoms with Gasteiger partial charge in [-0.3, -0.25) is 9.78 Å². The fourth-order valence-corrected chi connectivity index (χ4v) is 4.87. The van der Waals surface area contributed by atoms with Gasteiger partial charge in [-0.25, -0.2) is 0 Å². The number of fused-ring (bicyclic) bond motifs is 3. The number of nitrogens with one attached hydrogen (secondary N) is 3. The molecule has 0 unspecified atom stereocenters. The lowest BCUT2D eigenvalue weighted by Gasteiger charge is -2.12. The Hall–Kier alpha value is -3.19. The second-order valence-corrected chi connectivity index (χ2v) is 8.87. The van der Waals surface area contributed by atoms with Crippen molar-refractivity contribution in [2.45, 2.75) is 57.4 Å². The molecule has 0 bridgehead atoms. The van der Waals surface area contributed by atoms with E-state index in [2.05, 4.69) is 31.7 Å². The number of aromatic nitrogens is 3. The topological polar surface area (TPSA) is 91.9 Å². The van der Waals surface area contributed by atoms with Crippen molar-refractivity contribution in [1.29, 1.82) is 0 Å². The summed E-state index contributed by atoms with van der Waals surface area (Å²) in [6, 6.07) is 10.2. The van der Waals surface area contributed by atoms with E-state index in [0.717, 1.165) is 49.2 Å². The number of carbonyl (C=O) groups is 1. The zero-order chi connectivity index (χ0) is 22.5. The molecule has 0 spiro atoms. The van der Waals surface area contributed by atoms with Gasteiger partial charge in [-0.15, -0.1) is 0 Å². The van der Waals surface area contributed by atoms with E-state index in [1.165, 1.54) is 31.2 Å². The summed E-state index contributed by atoms with van der Waals surface area (Å²) < 4.78 is 5.82. The van der Waals surface area contributed by atoms with Gasteiger partial charge in [-0.1, -0.05) is 25.0 Å². The number of aromatic amines is 1. The zero-order valence-electron chi connectivity index (χ0n) is 18.9. The summed E-state index contributed by atoms with van der Waals surface area (Å²) >= 11 is 0. The van der Waals surface area contributed by atoms with E-state index in [0.29, 0.717) is 29.9 Å². The molecule has 0 aliphatic heterocycles. The number of carbonyl (C=O) groups excluding carboxylic acids is 1. The molecular formula is C26H31N5O2. The van der Waals surface area contributed by atoms with Gasteiger partial charge in [-0.05, 0) is 62.8 Å². The lowest BCUT2D eigenvalue weighted by molar-refractivity contribution is 0.102. The number of hydrogen-bond acceptors (Lipinski definition) is 5. The van der Waals surface area contributed by atoms with Crippen molar-refractivity contribution in [1.82, 2.24) is 20.3 Å². The van der Waals surface area contributed by atoms with E-state index >= 15 is 0 Å². The zero-order valence-corrected chi connectivity index (χ0v) is 18.9. The molecule has 5 rings (SSSR count). The van der Waals surface area contributed by atoms with Gasteiger partial charge in [0.05, 0.1) is 17.9 Å². The summed E-state index contributed by atoms with van der Waals surface area (Å²) in [6.45, 7) is 1.55. The predicted molar refractivity (Wildman–Crippen MR) is 129 cm³/mol. The summed E-state index contributed by atoms with van der Waals surface area (Å²) in [7, 11) is 0. The minimum atomic E-state index is -0.198. The van der Waals surface area contributed by atoms with Crippen LogP contribution in [0, 0.1) is 0 Å². The highest BCUT2D eigenvalue weighted by Gasteiger charge is 2.24. The lowest BCUT2D eigenvalue weighted by Crippen LogP contribution is -2.27. The number of hydrogen-bond donors (Lipinski definition) is 3. The molecule has 2 aliphatic rings. The quantitative estimate of drug-likeness (QED) is 0.444. The van der Waals surface area contributed by atoms with Gasteiger partial charge < -0.3 is 20.4 Å². The monoisotopic (exact) mass is 445 g/mol. The molecule has 172 valence electrons. The summed E-state index contributed by atoms with van der Waals surface area (Å²) in [6.07, 6.45) is 12.6. The summed E-state index contributed by atoms with van der Waals surface area (Å²) in [4.78, 5) is 25.5. The molecular weight excluding hydrogens is 414 g/mol. The SMILES string of the molecule is O=C(Nc1cccc(OCCCNC2CCCC2)n1)c1c[nH]c2c1-c1ncccc1CCC2. The second-order valence-electron chi connectivity index (χ2n) is 8.87. The van der Waals surface area contributed by atoms with Crippen molar-refractivity contribution >= 4 is 11.7 Å². The Morgan fingerprint density at radius 3 is 2.94 bits per heavy atom. The summed E-state index contributed by atoms with van der Waals surface area (Å²) in [5.41, 5.74) is 4.64. The molecule has 0 saturated heterocycles. The molecule has 7 nitrogen and oxygen atoms in total. The van der Waals surface area contributed by atoms with Crippen LogP contribution in [0.1, 0.15) is 60.1 Å². The molecule has 1 amide bonds. The molecule has 7 heteroatoms. The number of H-pyrrole nitrogens is 1. The second kappa shape index (κ2) is 10.2. The van der Waals surface area contributed by atoms with E-state index in [-0.39, 0.29) is 5.91 Å². The first kappa shape index (κ1) is 21.6. The van der Waals surface area contributed by atoms with Crippen molar-refractivity contribution in [2.24, 2.45) is 0 Å². The number of nitrogens with zero attached hydrogens (tertiary/aromatic N) is 2. The molecule has 1 fully saturated rings. The van der Waals surface area contributed by atoms with Crippen molar-refractivity contribution in [2.75, 3.05) is 18.5 Å². The van der Waals surface area contributed by atoms with Crippen molar-refractivity contribution in [3.05, 3.63) is 59.5 Å². The first-order valence-corrected chi connectivity index (χ1v) is 12.1. The summed E-state index contributed by atoms with van der Waals surface area (Å²) in [5.74, 6) is 0.802. The third-order valence-electron chi connectivity index (χ3n) is 6.53. The predicted octanol–water partition coefficient (Wildman–Crippen LogP) is 4.51. The highest BCUT2D eigenvalue weighted by atomic mass is 16.5. The van der Waals surface area contributed by atoms with Crippen LogP contribution in [0.2, 0.25) is 0 Å². The Morgan fingerprint density at radius 2 is 2.03 bits per heavy atom. The lowest BCUT2D eigenvalue weighted by atomic mass is 10.0. The number of rotatable bonds is 8. The molecule has 0 aromatic carbocycles. The Labute approximate surface area is 194 Å². The molecule has 33 heavy (non-hydrogen) atoms. The number of aryl methyl sites for hydroxylation is 2. The van der Waals surface area contributed by atoms with Gasteiger partial charge in [-0.2, -0.15) is 4.98 Å². The molecule has 0 radical (unpaired) electrons. The highest BCUT2D eigenvalue weighted by molar-refractivity contribution is 6.08. The first-order chi connectivity index (χ1) is 16.3. The standard InChI is InChI=1S/C26H31N5O2/c32-26(20-17-29-21-11-3-7-18-8-5-14-28-25(18)24(20)21)31-22-12-4-13-23(30-22)33-16-6-15-27-19-9-1-2-10-19/h4-5,8,12-14,17,19,27,29H,1-3,6-7,9-11,15-16H2,(H,30,31,32). The van der Waals surface area contributed by atoms with Gasteiger partial charge >= 0.3 is 0 Å². The molecule has 0 atom stereocenters. The first-order valence-electron chi connectivity index (χ1n) is 12.1. The maximum absolute atomic E-state index is 13.2. The third kappa shape index (κ3) is 5.09. The van der Waals surface area contributed by atoms with Crippen LogP contribution in [0.3, 0.4) is 0 Å². The largest absolute Gasteiger partial charge is 0.478 e. The fourth-order valence-electron chi connectivity index (χ4n) is 4.87. The van der Waals surface area contributed by atoms with Crippen LogP contribution in [0.5, 0.6) is 5.88 Å². The fraction of sp³-hybridized carbons (Fsp3) is 0.423. The molecule has 1 saturated carbocycles. The van der Waals surface area contributed by atoms with Crippen molar-refractivity contribution < 1.29 is 9.53 Å². The number of anilines is 1. The molecule has 3 heterocycles. The number of amides is 1. The molecule has 3 N–H and O–H groups in total. The van der Waals surface area contributed by atoms with E-state index in [1.807, 2.05) is 18.2 Å². The average molecular weight is 446 g/mol. The normalized spacial score (nSPS) is 15.5. The summed E-state index contributed by atoms with van der Waals surface area (Å²) in [5, 5.41) is 6.53. The van der Waals surface area contributed by atoms with Crippen LogP contribution < -0.4 is 15.4 Å². The number of pyridine rings is 2. The van der Waals surface area contributed by atoms with Crippen LogP contribution in [-0.2, 0) is 12.8 Å². The Balaban J connectivity index is 1.21. The molecule has 3 aromatic heterocycles. The van der Waals surface area contributed by atoms with E-state index in [1.54, 1.807) is 18.5 Å². The van der Waals surface area contributed by atoms with Crippen LogP contribution in [0.25, 0.3) is 11.3 Å². The van der Waals surface area contributed by atoms with Gasteiger partial charge in [0.2, 0.25) is 5.88 Å². The maximum Gasteiger partial charge on any atom is 0.259 e. The van der Waals surface area contributed by atoms with E-state index in [9.17, 15) is 4.79 Å². The smallest absolute Gasteiger partial charge is 0.259 e. The Kier molecular flexibility index (Phi) is 6.67. The van der Waals surface area contributed by atoms with Crippen molar-refractivity contribution in [3.8, 4) is 17.1 Å². The van der Waals surface area contributed by atoms with Crippen LogP contribution in [0.15, 0.2) is 42.7 Å². The van der Waals surface area contributed by atoms with Gasteiger partial charge in [0.1, 0.15) is 5.82 Å². The van der Waals surface area contributed by atoms with Crippen LogP contribution >= 0.6 is 0 Å². The Bertz CT molecular complexity index is 1100. The minimum Gasteiger partial charge on any atom is -0.478 e. The highest BCUT2D eigenvalue weighted by Crippen LogP contribution is 2.33. The maximum atomic E-state index is 13.2. The van der Waals surface area contributed by atoms with E-state index < -0.39 is 0 Å². The minimum absolute atomic E-state index is 0.198. The van der Waals surface area contributed by atoms with Crippen LogP contribution in [0.4, 0.5) is 5.82 Å². The third-order valence-corrected chi connectivity index (χ3v) is 6.53. The van der Waals surface area contributed by atoms with E-state index in [4.69, 9.17) is 4.74 Å². The van der Waals surface area contributed by atoms with Crippen LogP contribution in [-0.4, -0.2) is 40.1 Å². The number of ether oxygens (including phenoxy) is 1. The van der Waals surface area contributed by atoms with Gasteiger partial charge in [0, 0.05) is 35.8 Å². The van der Waals surface area contributed by atoms with Gasteiger partial charge in [0.25, 0.3) is 5.91 Å². The van der Waals surface area contributed by atoms with Crippen molar-refractivity contribution in [3.63, 3.8) is 0 Å². The molecule has 2 aliphatic carbocycles. The Morgan fingerprint density at radius 1 is 1.12 bits per heavy atom. The molecule has 3 aromatic rings.